The Hall–Kier alpha value is -2.19. The van der Waals surface area contributed by atoms with Crippen LogP contribution in [-0.4, -0.2) is 44.9 Å². The van der Waals surface area contributed by atoms with Gasteiger partial charge in [-0.1, -0.05) is 43.6 Å². The summed E-state index contributed by atoms with van der Waals surface area (Å²) in [5.41, 5.74) is 3.44. The molecule has 0 aromatic heterocycles. The van der Waals surface area contributed by atoms with Gasteiger partial charge in [-0.05, 0) is 53.8 Å². The lowest BCUT2D eigenvalue weighted by Gasteiger charge is -2.26. The number of nitrogens with one attached hydrogen (secondary N) is 1. The molecule has 1 amide bonds. The molecule has 0 spiro atoms. The topological polar surface area (TPSA) is 75.7 Å². The van der Waals surface area contributed by atoms with Crippen molar-refractivity contribution in [2.75, 3.05) is 31.6 Å². The molecule has 0 aliphatic carbocycles. The number of sulfonamides is 1. The Balaban J connectivity index is 1.71. The number of rotatable bonds is 7. The van der Waals surface area contributed by atoms with Gasteiger partial charge in [-0.3, -0.25) is 4.79 Å². The van der Waals surface area contributed by atoms with Gasteiger partial charge in [0.1, 0.15) is 0 Å². The molecule has 2 aromatic carbocycles. The quantitative estimate of drug-likeness (QED) is 0.627. The number of morpholine rings is 1. The van der Waals surface area contributed by atoms with E-state index in [4.69, 9.17) is 16.3 Å². The van der Waals surface area contributed by atoms with E-state index in [0.29, 0.717) is 37.7 Å². The third kappa shape index (κ3) is 5.54. The molecule has 0 unspecified atom stereocenters. The van der Waals surface area contributed by atoms with Crippen molar-refractivity contribution in [2.45, 2.75) is 31.6 Å². The van der Waals surface area contributed by atoms with E-state index in [0.717, 1.165) is 28.8 Å². The molecular weight excluding hydrogens is 436 g/mol. The molecule has 1 aliphatic heterocycles. The molecule has 1 saturated heterocycles. The molecule has 0 atom stereocenters. The SMILES string of the molecule is CCc1ccc(Cl)c(CC)c1NC(=O)/C=C/c1ccc(S(=O)(=O)N2CCOCC2)cc1. The summed E-state index contributed by atoms with van der Waals surface area (Å²) >= 11 is 6.29. The van der Waals surface area contributed by atoms with E-state index < -0.39 is 10.0 Å². The van der Waals surface area contributed by atoms with Crippen LogP contribution >= 0.6 is 11.6 Å². The standard InChI is InChI=1S/C23H27ClN2O4S/c1-3-18-8-11-21(24)20(4-2)23(18)25-22(27)12-7-17-5-9-19(10-6-17)31(28,29)26-13-15-30-16-14-26/h5-12H,3-4,13-16H2,1-2H3,(H,25,27)/b12-7+. The van der Waals surface area contributed by atoms with Crippen molar-refractivity contribution in [3.8, 4) is 0 Å². The second-order valence-electron chi connectivity index (χ2n) is 7.18. The lowest BCUT2D eigenvalue weighted by Crippen LogP contribution is -2.40. The maximum absolute atomic E-state index is 12.7. The van der Waals surface area contributed by atoms with Gasteiger partial charge in [0.15, 0.2) is 0 Å². The van der Waals surface area contributed by atoms with Gasteiger partial charge in [-0.25, -0.2) is 8.42 Å². The number of carbonyl (C=O) groups excluding carboxylic acids is 1. The number of hydrogen-bond acceptors (Lipinski definition) is 4. The van der Waals surface area contributed by atoms with Gasteiger partial charge in [0.2, 0.25) is 15.9 Å². The van der Waals surface area contributed by atoms with E-state index in [9.17, 15) is 13.2 Å². The monoisotopic (exact) mass is 462 g/mol. The zero-order valence-corrected chi connectivity index (χ0v) is 19.3. The molecule has 0 radical (unpaired) electrons. The molecule has 3 rings (SSSR count). The van der Waals surface area contributed by atoms with Crippen LogP contribution in [0.3, 0.4) is 0 Å². The van der Waals surface area contributed by atoms with E-state index in [1.54, 1.807) is 30.3 Å². The minimum absolute atomic E-state index is 0.232. The van der Waals surface area contributed by atoms with E-state index in [1.165, 1.54) is 10.4 Å². The average molecular weight is 463 g/mol. The number of anilines is 1. The highest BCUT2D eigenvalue weighted by atomic mass is 35.5. The number of carbonyl (C=O) groups is 1. The molecule has 1 heterocycles. The van der Waals surface area contributed by atoms with Crippen molar-refractivity contribution in [1.29, 1.82) is 0 Å². The molecule has 31 heavy (non-hydrogen) atoms. The van der Waals surface area contributed by atoms with E-state index in [2.05, 4.69) is 5.32 Å². The fraction of sp³-hybridized carbons (Fsp3) is 0.348. The average Bonchev–Trinajstić information content (AvgIpc) is 2.79. The van der Waals surface area contributed by atoms with Crippen LogP contribution in [0.25, 0.3) is 6.08 Å². The molecule has 2 aromatic rings. The summed E-state index contributed by atoms with van der Waals surface area (Å²) in [6, 6.07) is 10.3. The number of nitrogens with zero attached hydrogens (tertiary/aromatic N) is 1. The first-order valence-corrected chi connectivity index (χ1v) is 12.2. The number of hydrogen-bond donors (Lipinski definition) is 1. The Morgan fingerprint density at radius 3 is 2.39 bits per heavy atom. The highest BCUT2D eigenvalue weighted by Gasteiger charge is 2.25. The molecular formula is C23H27ClN2O4S. The summed E-state index contributed by atoms with van der Waals surface area (Å²) in [6.45, 7) is 5.54. The van der Waals surface area contributed by atoms with Crippen LogP contribution in [0, 0.1) is 0 Å². The van der Waals surface area contributed by atoms with E-state index >= 15 is 0 Å². The number of amides is 1. The van der Waals surface area contributed by atoms with Gasteiger partial charge in [0, 0.05) is 29.9 Å². The lowest BCUT2D eigenvalue weighted by molar-refractivity contribution is -0.111. The highest BCUT2D eigenvalue weighted by Crippen LogP contribution is 2.29. The fourth-order valence-corrected chi connectivity index (χ4v) is 5.19. The van der Waals surface area contributed by atoms with Crippen molar-refractivity contribution in [3.63, 3.8) is 0 Å². The van der Waals surface area contributed by atoms with Crippen molar-refractivity contribution in [1.82, 2.24) is 4.31 Å². The Morgan fingerprint density at radius 2 is 1.77 bits per heavy atom. The molecule has 6 nitrogen and oxygen atoms in total. The van der Waals surface area contributed by atoms with Crippen LogP contribution in [0.4, 0.5) is 5.69 Å². The zero-order valence-electron chi connectivity index (χ0n) is 17.7. The second-order valence-corrected chi connectivity index (χ2v) is 9.52. The Labute approximate surface area is 188 Å². The molecule has 1 aliphatic rings. The van der Waals surface area contributed by atoms with Crippen molar-refractivity contribution in [2.24, 2.45) is 0 Å². The van der Waals surface area contributed by atoms with Gasteiger partial charge < -0.3 is 10.1 Å². The molecule has 0 saturated carbocycles. The summed E-state index contributed by atoms with van der Waals surface area (Å²) < 4.78 is 32.0. The zero-order chi connectivity index (χ0) is 22.4. The Kier molecular flexibility index (Phi) is 7.89. The van der Waals surface area contributed by atoms with Crippen LogP contribution in [-0.2, 0) is 32.4 Å². The summed E-state index contributed by atoms with van der Waals surface area (Å²) in [6.07, 6.45) is 4.58. The predicted molar refractivity (Wildman–Crippen MR) is 124 cm³/mol. The smallest absolute Gasteiger partial charge is 0.248 e. The molecule has 8 heteroatoms. The summed E-state index contributed by atoms with van der Waals surface area (Å²) in [7, 11) is -3.53. The lowest BCUT2D eigenvalue weighted by atomic mass is 10.0. The molecule has 1 fully saturated rings. The van der Waals surface area contributed by atoms with Gasteiger partial charge in [0.05, 0.1) is 18.1 Å². The third-order valence-corrected chi connectivity index (χ3v) is 7.51. The third-order valence-electron chi connectivity index (χ3n) is 5.24. The predicted octanol–water partition coefficient (Wildman–Crippen LogP) is 4.14. The maximum Gasteiger partial charge on any atom is 0.248 e. The van der Waals surface area contributed by atoms with Crippen molar-refractivity contribution >= 4 is 39.3 Å². The number of benzene rings is 2. The van der Waals surface area contributed by atoms with Gasteiger partial charge in [-0.2, -0.15) is 4.31 Å². The summed E-state index contributed by atoms with van der Waals surface area (Å²) in [5, 5.41) is 3.58. The van der Waals surface area contributed by atoms with Crippen molar-refractivity contribution < 1.29 is 17.9 Å². The number of aryl methyl sites for hydroxylation is 1. The van der Waals surface area contributed by atoms with Gasteiger partial charge >= 0.3 is 0 Å². The summed E-state index contributed by atoms with van der Waals surface area (Å²) in [5.74, 6) is -0.267. The van der Waals surface area contributed by atoms with Crippen LogP contribution in [0.15, 0.2) is 47.4 Å². The minimum Gasteiger partial charge on any atom is -0.379 e. The van der Waals surface area contributed by atoms with Crippen LogP contribution in [0.2, 0.25) is 5.02 Å². The van der Waals surface area contributed by atoms with Crippen molar-refractivity contribution in [3.05, 3.63) is 64.2 Å². The number of halogens is 1. The molecule has 0 bridgehead atoms. The van der Waals surface area contributed by atoms with Crippen LogP contribution < -0.4 is 5.32 Å². The highest BCUT2D eigenvalue weighted by molar-refractivity contribution is 7.89. The maximum atomic E-state index is 12.7. The van der Waals surface area contributed by atoms with Gasteiger partial charge in [0.25, 0.3) is 0 Å². The number of ether oxygens (including phenoxy) is 1. The first-order chi connectivity index (χ1) is 14.9. The summed E-state index contributed by atoms with van der Waals surface area (Å²) in [4.78, 5) is 12.7. The Morgan fingerprint density at radius 1 is 1.10 bits per heavy atom. The molecule has 166 valence electrons. The normalized spacial score (nSPS) is 15.3. The minimum atomic E-state index is -3.53. The van der Waals surface area contributed by atoms with Crippen LogP contribution in [0.1, 0.15) is 30.5 Å². The van der Waals surface area contributed by atoms with Crippen LogP contribution in [0.5, 0.6) is 0 Å². The second kappa shape index (κ2) is 10.4. The molecule has 1 N–H and O–H groups in total. The fourth-order valence-electron chi connectivity index (χ4n) is 3.49. The Bertz CT molecular complexity index is 1060. The van der Waals surface area contributed by atoms with E-state index in [1.807, 2.05) is 26.0 Å². The first-order valence-electron chi connectivity index (χ1n) is 10.3. The van der Waals surface area contributed by atoms with Gasteiger partial charge in [-0.15, -0.1) is 0 Å². The largest absolute Gasteiger partial charge is 0.379 e. The first kappa shape index (κ1) is 23.5. The van der Waals surface area contributed by atoms with E-state index in [-0.39, 0.29) is 10.8 Å².